The first-order valence-electron chi connectivity index (χ1n) is 9.28. The maximum atomic E-state index is 4.01. The van der Waals surface area contributed by atoms with Crippen LogP contribution in [-0.4, -0.2) is 0 Å². The molecule has 0 amide bonds. The van der Waals surface area contributed by atoms with E-state index in [9.17, 15) is 0 Å². The second kappa shape index (κ2) is 6.43. The number of aryl methyl sites for hydroxylation is 1. The first-order valence-corrected chi connectivity index (χ1v) is 9.28. The van der Waals surface area contributed by atoms with Gasteiger partial charge in [-0.15, -0.1) is 13.2 Å². The molecule has 4 rings (SSSR count). The molecule has 2 aromatic rings. The summed E-state index contributed by atoms with van der Waals surface area (Å²) >= 11 is 0. The first-order chi connectivity index (χ1) is 11.8. The first kappa shape index (κ1) is 15.4. The zero-order chi connectivity index (χ0) is 16.5. The summed E-state index contributed by atoms with van der Waals surface area (Å²) in [6, 6.07) is 13.7. The largest absolute Gasteiger partial charge is 0.103 e. The van der Waals surface area contributed by atoms with Gasteiger partial charge in [0.1, 0.15) is 0 Å². The van der Waals surface area contributed by atoms with Crippen LogP contribution in [-0.2, 0) is 19.3 Å². The lowest BCUT2D eigenvalue weighted by Crippen LogP contribution is -2.22. The fourth-order valence-corrected chi connectivity index (χ4v) is 4.93. The summed E-state index contributed by atoms with van der Waals surface area (Å²) < 4.78 is 0. The molecule has 0 nitrogen and oxygen atoms in total. The molecule has 0 spiro atoms. The highest BCUT2D eigenvalue weighted by molar-refractivity contribution is 5.75. The average molecular weight is 314 g/mol. The van der Waals surface area contributed by atoms with E-state index in [1.54, 1.807) is 16.7 Å². The molecule has 0 fully saturated rings. The van der Waals surface area contributed by atoms with Crippen LogP contribution in [0, 0.1) is 5.92 Å². The molecule has 2 atom stereocenters. The Morgan fingerprint density at radius 1 is 0.833 bits per heavy atom. The predicted octanol–water partition coefficient (Wildman–Crippen LogP) is 6.25. The highest BCUT2D eigenvalue weighted by atomic mass is 14.4. The summed E-state index contributed by atoms with van der Waals surface area (Å²) in [6.07, 6.45) is 11.3. The second-order valence-electron chi connectivity index (χ2n) is 7.27. The molecule has 2 aliphatic carbocycles. The van der Waals surface area contributed by atoms with Gasteiger partial charge in [0.2, 0.25) is 0 Å². The molecule has 0 saturated heterocycles. The molecule has 0 radical (unpaired) electrons. The Bertz CT molecular complexity index is 781. The smallest absolute Gasteiger partial charge is 0.00932 e. The molecule has 0 aromatic heterocycles. The van der Waals surface area contributed by atoms with Crippen LogP contribution in [0.3, 0.4) is 0 Å². The van der Waals surface area contributed by atoms with E-state index < -0.39 is 0 Å². The van der Waals surface area contributed by atoms with Crippen molar-refractivity contribution in [2.45, 2.75) is 44.4 Å². The number of allylic oxidation sites excluding steroid dienone is 2. The van der Waals surface area contributed by atoms with E-state index in [1.807, 2.05) is 0 Å². The van der Waals surface area contributed by atoms with Gasteiger partial charge in [0.05, 0.1) is 0 Å². The van der Waals surface area contributed by atoms with E-state index in [0.717, 1.165) is 18.8 Å². The molecule has 0 saturated carbocycles. The number of benzene rings is 2. The Hall–Kier alpha value is -2.08. The van der Waals surface area contributed by atoms with Crippen molar-refractivity contribution in [2.75, 3.05) is 0 Å². The third-order valence-electron chi connectivity index (χ3n) is 6.04. The molecule has 2 unspecified atom stereocenters. The molecular weight excluding hydrogens is 288 g/mol. The molecule has 0 aliphatic heterocycles. The van der Waals surface area contributed by atoms with Gasteiger partial charge in [0.25, 0.3) is 0 Å². The van der Waals surface area contributed by atoms with Crippen LogP contribution in [0.4, 0.5) is 0 Å². The highest BCUT2D eigenvalue weighted by Crippen LogP contribution is 2.45. The summed E-state index contributed by atoms with van der Waals surface area (Å²) in [7, 11) is 0. The van der Waals surface area contributed by atoms with Crippen LogP contribution >= 0.6 is 0 Å². The highest BCUT2D eigenvalue weighted by Gasteiger charge is 2.31. The summed E-state index contributed by atoms with van der Waals surface area (Å²) in [5.74, 6) is 1.34. The van der Waals surface area contributed by atoms with Crippen LogP contribution in [0.25, 0.3) is 11.1 Å². The Labute approximate surface area is 145 Å². The van der Waals surface area contributed by atoms with Crippen molar-refractivity contribution in [1.82, 2.24) is 0 Å². The van der Waals surface area contributed by atoms with Crippen LogP contribution in [0.15, 0.2) is 61.7 Å². The number of rotatable bonds is 4. The maximum absolute atomic E-state index is 4.01. The Morgan fingerprint density at radius 2 is 1.67 bits per heavy atom. The monoisotopic (exact) mass is 314 g/mol. The molecule has 0 bridgehead atoms. The van der Waals surface area contributed by atoms with Crippen molar-refractivity contribution in [1.29, 1.82) is 0 Å². The molecule has 2 aromatic carbocycles. The third kappa shape index (κ3) is 2.45. The van der Waals surface area contributed by atoms with Gasteiger partial charge in [-0.1, -0.05) is 48.6 Å². The maximum Gasteiger partial charge on any atom is -0.00932 e. The Morgan fingerprint density at radius 3 is 2.50 bits per heavy atom. The van der Waals surface area contributed by atoms with Gasteiger partial charge < -0.3 is 0 Å². The average Bonchev–Trinajstić information content (AvgIpc) is 2.63. The van der Waals surface area contributed by atoms with Crippen molar-refractivity contribution < 1.29 is 0 Å². The van der Waals surface area contributed by atoms with Crippen LogP contribution in [0.5, 0.6) is 0 Å². The molecule has 0 heterocycles. The van der Waals surface area contributed by atoms with Gasteiger partial charge in [-0.05, 0) is 83.7 Å². The zero-order valence-corrected chi connectivity index (χ0v) is 14.4. The van der Waals surface area contributed by atoms with Gasteiger partial charge in [0, 0.05) is 0 Å². The lowest BCUT2D eigenvalue weighted by molar-refractivity contribution is 0.375. The molecule has 122 valence electrons. The van der Waals surface area contributed by atoms with E-state index >= 15 is 0 Å². The predicted molar refractivity (Wildman–Crippen MR) is 103 cm³/mol. The van der Waals surface area contributed by atoms with Crippen molar-refractivity contribution >= 4 is 0 Å². The minimum Gasteiger partial charge on any atom is -0.103 e. The zero-order valence-electron chi connectivity index (χ0n) is 14.4. The summed E-state index contributed by atoms with van der Waals surface area (Å²) in [5, 5.41) is 0. The van der Waals surface area contributed by atoms with E-state index in [0.29, 0.717) is 5.92 Å². The van der Waals surface area contributed by atoms with E-state index in [4.69, 9.17) is 0 Å². The molecular formula is C24H26. The van der Waals surface area contributed by atoms with Crippen LogP contribution in [0.2, 0.25) is 0 Å². The van der Waals surface area contributed by atoms with E-state index in [-0.39, 0.29) is 0 Å². The number of hydrogen-bond acceptors (Lipinski definition) is 0. The van der Waals surface area contributed by atoms with Crippen molar-refractivity contribution in [2.24, 2.45) is 5.92 Å². The summed E-state index contributed by atoms with van der Waals surface area (Å²) in [5.41, 5.74) is 9.30. The van der Waals surface area contributed by atoms with Gasteiger partial charge in [-0.25, -0.2) is 0 Å². The normalized spacial score (nSPS) is 21.3. The van der Waals surface area contributed by atoms with E-state index in [1.165, 1.54) is 42.4 Å². The lowest BCUT2D eigenvalue weighted by atomic mass is 9.69. The standard InChI is InChI=1S/C24H26/c1-3-7-17-11-13-23-21(19(17)8-4-2)15-16-22-20-10-6-5-9-18(20)12-14-24(22)23/h3-6,9-10,15-17,19H,1-2,7-8,11-14H2. The van der Waals surface area contributed by atoms with Crippen molar-refractivity contribution in [3.63, 3.8) is 0 Å². The van der Waals surface area contributed by atoms with E-state index in [2.05, 4.69) is 61.7 Å². The molecule has 2 aliphatic rings. The minimum absolute atomic E-state index is 0.617. The fourth-order valence-electron chi connectivity index (χ4n) is 4.93. The van der Waals surface area contributed by atoms with Crippen LogP contribution < -0.4 is 0 Å². The van der Waals surface area contributed by atoms with Crippen molar-refractivity contribution in [3.8, 4) is 11.1 Å². The second-order valence-corrected chi connectivity index (χ2v) is 7.27. The summed E-state index contributed by atoms with van der Waals surface area (Å²) in [6.45, 7) is 7.99. The minimum atomic E-state index is 0.617. The van der Waals surface area contributed by atoms with Gasteiger partial charge in [0.15, 0.2) is 0 Å². The lowest BCUT2D eigenvalue weighted by Gasteiger charge is -2.36. The van der Waals surface area contributed by atoms with Gasteiger partial charge in [-0.2, -0.15) is 0 Å². The molecule has 0 N–H and O–H groups in total. The number of hydrogen-bond donors (Lipinski definition) is 0. The Kier molecular flexibility index (Phi) is 4.14. The van der Waals surface area contributed by atoms with Gasteiger partial charge in [-0.3, -0.25) is 0 Å². The number of fused-ring (bicyclic) bond motifs is 5. The Balaban J connectivity index is 1.82. The van der Waals surface area contributed by atoms with Gasteiger partial charge >= 0.3 is 0 Å². The SMILES string of the molecule is C=CCC1CCc2c(ccc3c2CCc2ccccc2-3)C1CC=C. The molecule has 24 heavy (non-hydrogen) atoms. The fraction of sp³-hybridized carbons (Fsp3) is 0.333. The quantitative estimate of drug-likeness (QED) is 0.585. The molecule has 0 heteroatoms. The van der Waals surface area contributed by atoms with Crippen LogP contribution in [0.1, 0.15) is 47.4 Å². The topological polar surface area (TPSA) is 0 Å². The van der Waals surface area contributed by atoms with Crippen molar-refractivity contribution in [3.05, 3.63) is 84.0 Å². The summed E-state index contributed by atoms with van der Waals surface area (Å²) in [4.78, 5) is 0. The third-order valence-corrected chi connectivity index (χ3v) is 6.04.